The van der Waals surface area contributed by atoms with Crippen molar-refractivity contribution in [2.45, 2.75) is 11.8 Å². The second-order valence-electron chi connectivity index (χ2n) is 5.11. The van der Waals surface area contributed by atoms with Crippen LogP contribution in [0.25, 0.3) is 0 Å². The Labute approximate surface area is 139 Å². The average molecular weight is 394 g/mol. The van der Waals surface area contributed by atoms with Gasteiger partial charge in [0.15, 0.2) is 0 Å². The molecule has 0 amide bonds. The molecule has 1 aliphatic rings. The third-order valence-corrected chi connectivity index (χ3v) is 6.40. The molecule has 1 aromatic rings. The highest BCUT2D eigenvalue weighted by atomic mass is 79.9. The smallest absolute Gasteiger partial charge is 0.243 e. The molecular formula is C14H18BrClN2O2S. The lowest BCUT2D eigenvalue weighted by molar-refractivity contribution is 0.203. The normalized spacial score (nSPS) is 17.9. The Morgan fingerprint density at radius 3 is 2.48 bits per heavy atom. The first kappa shape index (κ1) is 17.0. The van der Waals surface area contributed by atoms with Crippen molar-refractivity contribution in [2.75, 3.05) is 32.7 Å². The summed E-state index contributed by atoms with van der Waals surface area (Å²) in [5.74, 6) is 0. The van der Waals surface area contributed by atoms with Gasteiger partial charge in [0.25, 0.3) is 0 Å². The first-order chi connectivity index (χ1) is 9.80. The maximum atomic E-state index is 12.6. The molecule has 7 heteroatoms. The van der Waals surface area contributed by atoms with E-state index >= 15 is 0 Å². The van der Waals surface area contributed by atoms with Gasteiger partial charge in [-0.1, -0.05) is 34.1 Å². The van der Waals surface area contributed by atoms with Crippen LogP contribution < -0.4 is 0 Å². The van der Waals surface area contributed by atoms with Gasteiger partial charge in [0.2, 0.25) is 10.0 Å². The molecule has 0 N–H and O–H groups in total. The third-order valence-electron chi connectivity index (χ3n) is 3.49. The van der Waals surface area contributed by atoms with Gasteiger partial charge in [0.05, 0.1) is 4.90 Å². The Balaban J connectivity index is 2.11. The van der Waals surface area contributed by atoms with Crippen LogP contribution in [-0.4, -0.2) is 50.3 Å². The second-order valence-corrected chi connectivity index (χ2v) is 8.44. The van der Waals surface area contributed by atoms with E-state index in [9.17, 15) is 8.42 Å². The Kier molecular flexibility index (Phi) is 5.48. The molecule has 0 aromatic heterocycles. The van der Waals surface area contributed by atoms with Crippen LogP contribution in [0.15, 0.2) is 39.2 Å². The fourth-order valence-corrected chi connectivity index (χ4v) is 4.22. The summed E-state index contributed by atoms with van der Waals surface area (Å²) in [4.78, 5) is 2.45. The van der Waals surface area contributed by atoms with E-state index < -0.39 is 10.0 Å². The zero-order valence-corrected chi connectivity index (χ0v) is 15.0. The highest BCUT2D eigenvalue weighted by molar-refractivity contribution is 9.10. The van der Waals surface area contributed by atoms with Crippen LogP contribution in [0.4, 0.5) is 0 Å². The Bertz CT molecular complexity index is 640. The monoisotopic (exact) mass is 392 g/mol. The van der Waals surface area contributed by atoms with Gasteiger partial charge in [-0.3, -0.25) is 4.90 Å². The quantitative estimate of drug-likeness (QED) is 0.790. The van der Waals surface area contributed by atoms with Crippen molar-refractivity contribution in [3.05, 3.63) is 39.8 Å². The van der Waals surface area contributed by atoms with Gasteiger partial charge in [0.1, 0.15) is 0 Å². The summed E-state index contributed by atoms with van der Waals surface area (Å²) in [6.45, 7) is 8.44. The van der Waals surface area contributed by atoms with E-state index in [4.69, 9.17) is 11.6 Å². The minimum atomic E-state index is -3.42. The molecule has 0 spiro atoms. The average Bonchev–Trinajstić information content (AvgIpc) is 2.41. The topological polar surface area (TPSA) is 40.6 Å². The lowest BCUT2D eigenvalue weighted by Gasteiger charge is -2.33. The summed E-state index contributed by atoms with van der Waals surface area (Å²) in [6, 6.07) is 5.11. The predicted molar refractivity (Wildman–Crippen MR) is 89.1 cm³/mol. The number of benzene rings is 1. The largest absolute Gasteiger partial charge is 0.296 e. The van der Waals surface area contributed by atoms with E-state index in [0.717, 1.165) is 10.0 Å². The van der Waals surface area contributed by atoms with Crippen molar-refractivity contribution < 1.29 is 8.42 Å². The Hall–Kier alpha value is -0.400. The van der Waals surface area contributed by atoms with Crippen LogP contribution >= 0.6 is 27.5 Å². The first-order valence-corrected chi connectivity index (χ1v) is 9.24. The lowest BCUT2D eigenvalue weighted by atomic mass is 10.2. The number of hydrogen-bond acceptors (Lipinski definition) is 3. The van der Waals surface area contributed by atoms with Crippen LogP contribution in [-0.2, 0) is 10.0 Å². The van der Waals surface area contributed by atoms with Gasteiger partial charge in [-0.2, -0.15) is 4.31 Å². The van der Waals surface area contributed by atoms with E-state index in [0.29, 0.717) is 42.7 Å². The molecule has 1 saturated heterocycles. The number of hydrogen-bond donors (Lipinski definition) is 0. The minimum Gasteiger partial charge on any atom is -0.296 e. The Morgan fingerprint density at radius 2 is 1.95 bits per heavy atom. The maximum absolute atomic E-state index is 12.6. The molecule has 0 unspecified atom stereocenters. The highest BCUT2D eigenvalue weighted by Gasteiger charge is 2.28. The van der Waals surface area contributed by atoms with Crippen LogP contribution in [0.5, 0.6) is 0 Å². The maximum Gasteiger partial charge on any atom is 0.243 e. The van der Waals surface area contributed by atoms with Crippen molar-refractivity contribution in [3.63, 3.8) is 0 Å². The summed E-state index contributed by atoms with van der Waals surface area (Å²) < 4.78 is 27.7. The van der Waals surface area contributed by atoms with Crippen molar-refractivity contribution in [2.24, 2.45) is 0 Å². The van der Waals surface area contributed by atoms with Gasteiger partial charge < -0.3 is 0 Å². The fourth-order valence-electron chi connectivity index (χ4n) is 2.30. The molecule has 0 saturated carbocycles. The van der Waals surface area contributed by atoms with Crippen LogP contribution in [0, 0.1) is 6.92 Å². The van der Waals surface area contributed by atoms with Crippen molar-refractivity contribution in [3.8, 4) is 0 Å². The summed E-state index contributed by atoms with van der Waals surface area (Å²) in [5, 5.41) is 0.579. The SMILES string of the molecule is C=C(Cl)CN1CCN(S(=O)(=O)c2ccc(Br)c(C)c2)CC1. The zero-order chi connectivity index (χ0) is 15.6. The van der Waals surface area contributed by atoms with E-state index in [1.807, 2.05) is 6.92 Å². The second kappa shape index (κ2) is 6.79. The van der Waals surface area contributed by atoms with Gasteiger partial charge in [-0.25, -0.2) is 8.42 Å². The van der Waals surface area contributed by atoms with Crippen molar-refractivity contribution in [1.29, 1.82) is 0 Å². The summed E-state index contributed by atoms with van der Waals surface area (Å²) in [5.41, 5.74) is 0.910. The summed E-state index contributed by atoms with van der Waals surface area (Å²) >= 11 is 9.18. The van der Waals surface area contributed by atoms with Crippen LogP contribution in [0.1, 0.15) is 5.56 Å². The minimum absolute atomic E-state index is 0.346. The van der Waals surface area contributed by atoms with E-state index in [2.05, 4.69) is 27.4 Å². The van der Waals surface area contributed by atoms with Crippen LogP contribution in [0.2, 0.25) is 0 Å². The molecule has 4 nitrogen and oxygen atoms in total. The molecule has 0 atom stereocenters. The van der Waals surface area contributed by atoms with E-state index in [1.165, 1.54) is 4.31 Å². The highest BCUT2D eigenvalue weighted by Crippen LogP contribution is 2.23. The van der Waals surface area contributed by atoms with Gasteiger partial charge in [-0.15, -0.1) is 0 Å². The first-order valence-electron chi connectivity index (χ1n) is 6.62. The molecule has 1 aromatic carbocycles. The number of halogens is 2. The number of piperazine rings is 1. The zero-order valence-electron chi connectivity index (χ0n) is 11.8. The van der Waals surface area contributed by atoms with Gasteiger partial charge in [-0.05, 0) is 30.7 Å². The summed E-state index contributed by atoms with van der Waals surface area (Å²) in [7, 11) is -3.42. The van der Waals surface area contributed by atoms with Crippen molar-refractivity contribution in [1.82, 2.24) is 9.21 Å². The molecule has 1 heterocycles. The molecule has 0 radical (unpaired) electrons. The van der Waals surface area contributed by atoms with Crippen LogP contribution in [0.3, 0.4) is 0 Å². The molecule has 0 aliphatic carbocycles. The number of aryl methyl sites for hydroxylation is 1. The molecule has 116 valence electrons. The fraction of sp³-hybridized carbons (Fsp3) is 0.429. The summed E-state index contributed by atoms with van der Waals surface area (Å²) in [6.07, 6.45) is 0. The lowest BCUT2D eigenvalue weighted by Crippen LogP contribution is -2.48. The number of nitrogens with zero attached hydrogens (tertiary/aromatic N) is 2. The Morgan fingerprint density at radius 1 is 1.33 bits per heavy atom. The van der Waals surface area contributed by atoms with E-state index in [1.54, 1.807) is 18.2 Å². The van der Waals surface area contributed by atoms with Gasteiger partial charge in [0, 0.05) is 42.2 Å². The van der Waals surface area contributed by atoms with E-state index in [-0.39, 0.29) is 0 Å². The third kappa shape index (κ3) is 4.07. The number of rotatable bonds is 4. The van der Waals surface area contributed by atoms with Gasteiger partial charge >= 0.3 is 0 Å². The molecule has 1 fully saturated rings. The number of sulfonamides is 1. The van der Waals surface area contributed by atoms with Crippen molar-refractivity contribution >= 4 is 37.6 Å². The molecule has 2 rings (SSSR count). The predicted octanol–water partition coefficient (Wildman–Crippen LogP) is 2.82. The standard InChI is InChI=1S/C14H18BrClN2O2S/c1-11-9-13(3-4-14(11)15)21(19,20)18-7-5-17(6-8-18)10-12(2)16/h3-4,9H,2,5-8,10H2,1H3. The molecule has 21 heavy (non-hydrogen) atoms. The molecule has 0 bridgehead atoms. The molecule has 1 aliphatic heterocycles. The molecular weight excluding hydrogens is 376 g/mol.